The average molecular weight is 252 g/mol. The molecule has 1 aliphatic rings. The van der Waals surface area contributed by atoms with Crippen LogP contribution in [0.1, 0.15) is 39.9 Å². The quantitative estimate of drug-likeness (QED) is 0.896. The summed E-state index contributed by atoms with van der Waals surface area (Å²) >= 11 is 1.61. The molecule has 1 fully saturated rings. The predicted molar refractivity (Wildman–Crippen MR) is 71.5 cm³/mol. The molecule has 2 heterocycles. The van der Waals surface area contributed by atoms with Gasteiger partial charge in [0.05, 0.1) is 4.88 Å². The molecule has 1 aromatic rings. The minimum Gasteiger partial charge on any atom is -0.334 e. The number of rotatable bonds is 3. The highest BCUT2D eigenvalue weighted by Gasteiger charge is 2.29. The summed E-state index contributed by atoms with van der Waals surface area (Å²) in [6.07, 6.45) is 3.13. The van der Waals surface area contributed by atoms with Crippen LogP contribution in [-0.2, 0) is 6.42 Å². The van der Waals surface area contributed by atoms with Crippen LogP contribution in [0.25, 0.3) is 0 Å². The second-order valence-corrected chi connectivity index (χ2v) is 5.83. The number of hydrogen-bond acceptors (Lipinski definition) is 3. The summed E-state index contributed by atoms with van der Waals surface area (Å²) in [5.74, 6) is 0.172. The van der Waals surface area contributed by atoms with Crippen LogP contribution in [0.5, 0.6) is 0 Å². The summed E-state index contributed by atoms with van der Waals surface area (Å²) in [5.41, 5.74) is 7.00. The Balaban J connectivity index is 2.18. The second-order valence-electron chi connectivity index (χ2n) is 4.58. The van der Waals surface area contributed by atoms with Gasteiger partial charge in [0.1, 0.15) is 0 Å². The molecule has 0 unspecified atom stereocenters. The number of thiophene rings is 1. The summed E-state index contributed by atoms with van der Waals surface area (Å²) < 4.78 is 0. The Morgan fingerprint density at radius 3 is 3.00 bits per heavy atom. The van der Waals surface area contributed by atoms with Gasteiger partial charge in [0.15, 0.2) is 0 Å². The third-order valence-electron chi connectivity index (χ3n) is 3.52. The smallest absolute Gasteiger partial charge is 0.264 e. The van der Waals surface area contributed by atoms with Crippen molar-refractivity contribution in [1.29, 1.82) is 0 Å². The zero-order valence-corrected chi connectivity index (χ0v) is 11.3. The topological polar surface area (TPSA) is 46.3 Å². The summed E-state index contributed by atoms with van der Waals surface area (Å²) in [4.78, 5) is 16.5. The zero-order valence-electron chi connectivity index (χ0n) is 10.5. The average Bonchev–Trinajstić information content (AvgIpc) is 2.93. The van der Waals surface area contributed by atoms with E-state index in [1.54, 1.807) is 11.3 Å². The van der Waals surface area contributed by atoms with Crippen LogP contribution < -0.4 is 5.73 Å². The molecular weight excluding hydrogens is 232 g/mol. The fourth-order valence-electron chi connectivity index (χ4n) is 2.47. The molecule has 1 atom stereocenters. The van der Waals surface area contributed by atoms with Crippen molar-refractivity contribution in [3.63, 3.8) is 0 Å². The molecule has 1 aliphatic heterocycles. The zero-order chi connectivity index (χ0) is 12.4. The van der Waals surface area contributed by atoms with Crippen molar-refractivity contribution in [2.45, 2.75) is 39.2 Å². The fourth-order valence-corrected chi connectivity index (χ4v) is 3.54. The molecule has 1 saturated heterocycles. The van der Waals surface area contributed by atoms with Gasteiger partial charge in [-0.3, -0.25) is 4.79 Å². The van der Waals surface area contributed by atoms with Crippen molar-refractivity contribution in [2.75, 3.05) is 13.1 Å². The maximum atomic E-state index is 12.4. The molecule has 2 rings (SSSR count). The Kier molecular flexibility index (Phi) is 3.84. The van der Waals surface area contributed by atoms with Crippen molar-refractivity contribution in [3.05, 3.63) is 21.4 Å². The van der Waals surface area contributed by atoms with Gasteiger partial charge in [-0.2, -0.15) is 0 Å². The molecule has 0 aromatic carbocycles. The van der Waals surface area contributed by atoms with E-state index in [9.17, 15) is 4.79 Å². The van der Waals surface area contributed by atoms with Crippen molar-refractivity contribution >= 4 is 17.2 Å². The molecule has 1 aromatic heterocycles. The first-order valence-electron chi connectivity index (χ1n) is 6.27. The van der Waals surface area contributed by atoms with Crippen molar-refractivity contribution in [1.82, 2.24) is 4.90 Å². The third-order valence-corrected chi connectivity index (χ3v) is 4.60. The molecule has 0 radical (unpaired) electrons. The highest BCUT2D eigenvalue weighted by Crippen LogP contribution is 2.26. The number of likely N-dealkylation sites (tertiary alicyclic amines) is 1. The first-order chi connectivity index (χ1) is 8.17. The van der Waals surface area contributed by atoms with Crippen LogP contribution in [-0.4, -0.2) is 29.9 Å². The first kappa shape index (κ1) is 12.6. The lowest BCUT2D eigenvalue weighted by molar-refractivity contribution is 0.0746. The van der Waals surface area contributed by atoms with Crippen LogP contribution >= 0.6 is 11.3 Å². The molecule has 4 heteroatoms. The minimum atomic E-state index is 0.172. The van der Waals surface area contributed by atoms with E-state index in [2.05, 4.69) is 13.8 Å². The van der Waals surface area contributed by atoms with Gasteiger partial charge in [-0.25, -0.2) is 0 Å². The van der Waals surface area contributed by atoms with Gasteiger partial charge in [0.25, 0.3) is 5.91 Å². The molecule has 3 nitrogen and oxygen atoms in total. The maximum absolute atomic E-state index is 12.4. The monoisotopic (exact) mass is 252 g/mol. The van der Waals surface area contributed by atoms with Gasteiger partial charge in [-0.15, -0.1) is 11.3 Å². The Morgan fingerprint density at radius 1 is 1.65 bits per heavy atom. The number of nitrogens with two attached hydrogens (primary N) is 1. The Labute approximate surface area is 107 Å². The number of carbonyl (C=O) groups excluding carboxylic acids is 1. The highest BCUT2D eigenvalue weighted by molar-refractivity contribution is 7.14. The molecular formula is C13H20N2OS. The molecule has 0 aliphatic carbocycles. The van der Waals surface area contributed by atoms with Gasteiger partial charge in [-0.1, -0.05) is 6.92 Å². The van der Waals surface area contributed by atoms with E-state index in [0.717, 1.165) is 30.7 Å². The highest BCUT2D eigenvalue weighted by atomic mass is 32.1. The predicted octanol–water partition coefficient (Wildman–Crippen LogP) is 2.18. The van der Waals surface area contributed by atoms with E-state index in [1.807, 2.05) is 11.0 Å². The van der Waals surface area contributed by atoms with Gasteiger partial charge in [0, 0.05) is 24.0 Å². The molecule has 1 amide bonds. The summed E-state index contributed by atoms with van der Waals surface area (Å²) in [5, 5.41) is 0. The molecule has 0 saturated carbocycles. The number of nitrogens with zero attached hydrogens (tertiary/aromatic N) is 1. The van der Waals surface area contributed by atoms with E-state index in [0.29, 0.717) is 6.54 Å². The Morgan fingerprint density at radius 2 is 2.41 bits per heavy atom. The summed E-state index contributed by atoms with van der Waals surface area (Å²) in [7, 11) is 0. The minimum absolute atomic E-state index is 0.172. The lowest BCUT2D eigenvalue weighted by Crippen LogP contribution is -2.39. The van der Waals surface area contributed by atoms with Gasteiger partial charge in [-0.05, 0) is 37.8 Å². The van der Waals surface area contributed by atoms with Crippen LogP contribution in [0, 0.1) is 6.92 Å². The number of amides is 1. The largest absolute Gasteiger partial charge is 0.334 e. The van der Waals surface area contributed by atoms with E-state index >= 15 is 0 Å². The normalized spacial score (nSPS) is 19.9. The molecule has 0 bridgehead atoms. The Bertz CT molecular complexity index is 414. The summed E-state index contributed by atoms with van der Waals surface area (Å²) in [6.45, 7) is 5.66. The molecule has 17 heavy (non-hydrogen) atoms. The van der Waals surface area contributed by atoms with Gasteiger partial charge < -0.3 is 10.6 Å². The van der Waals surface area contributed by atoms with Crippen molar-refractivity contribution in [3.8, 4) is 0 Å². The van der Waals surface area contributed by atoms with E-state index in [-0.39, 0.29) is 11.9 Å². The standard InChI is InChI=1S/C13H20N2OS/c1-3-10-7-12(17-9(10)2)13(16)15-6-4-5-11(15)8-14/h7,11H,3-6,8,14H2,1-2H3/t11-/m1/s1. The number of aryl methyl sites for hydroxylation is 2. The van der Waals surface area contributed by atoms with Crippen molar-refractivity contribution in [2.24, 2.45) is 5.73 Å². The Hall–Kier alpha value is -0.870. The molecule has 2 N–H and O–H groups in total. The number of hydrogen-bond donors (Lipinski definition) is 1. The van der Waals surface area contributed by atoms with Gasteiger partial charge in [0.2, 0.25) is 0 Å². The molecule has 0 spiro atoms. The lowest BCUT2D eigenvalue weighted by atomic mass is 10.2. The number of carbonyl (C=O) groups is 1. The summed E-state index contributed by atoms with van der Waals surface area (Å²) in [6, 6.07) is 2.30. The van der Waals surface area contributed by atoms with Crippen molar-refractivity contribution < 1.29 is 4.79 Å². The lowest BCUT2D eigenvalue weighted by Gasteiger charge is -2.22. The first-order valence-corrected chi connectivity index (χ1v) is 7.09. The van der Waals surface area contributed by atoms with Crippen LogP contribution in [0.3, 0.4) is 0 Å². The third kappa shape index (κ3) is 2.38. The van der Waals surface area contributed by atoms with E-state index in [1.165, 1.54) is 10.4 Å². The molecule has 94 valence electrons. The van der Waals surface area contributed by atoms with Crippen LogP contribution in [0.2, 0.25) is 0 Å². The van der Waals surface area contributed by atoms with E-state index in [4.69, 9.17) is 5.73 Å². The SMILES string of the molecule is CCc1cc(C(=O)N2CCC[C@@H]2CN)sc1C. The maximum Gasteiger partial charge on any atom is 0.264 e. The van der Waals surface area contributed by atoms with E-state index < -0.39 is 0 Å². The second kappa shape index (κ2) is 5.19. The fraction of sp³-hybridized carbons (Fsp3) is 0.615. The van der Waals surface area contributed by atoms with Crippen LogP contribution in [0.4, 0.5) is 0 Å². The van der Waals surface area contributed by atoms with Gasteiger partial charge >= 0.3 is 0 Å². The van der Waals surface area contributed by atoms with Crippen LogP contribution in [0.15, 0.2) is 6.07 Å².